The zero-order valence-corrected chi connectivity index (χ0v) is 18.0. The average Bonchev–Trinajstić information content (AvgIpc) is 3.62. The van der Waals surface area contributed by atoms with Crippen LogP contribution in [0.3, 0.4) is 0 Å². The van der Waals surface area contributed by atoms with Crippen LogP contribution in [0.5, 0.6) is 0 Å². The molecule has 1 aliphatic heterocycles. The molecule has 2 aliphatic rings. The lowest BCUT2D eigenvalue weighted by Gasteiger charge is -2.52. The Kier molecular flexibility index (Phi) is 4.23. The Morgan fingerprint density at radius 3 is 1.77 bits per heavy atom. The normalized spacial score (nSPS) is 20.0. The first-order chi connectivity index (χ1) is 15.3. The van der Waals surface area contributed by atoms with Gasteiger partial charge in [0.2, 0.25) is 0 Å². The average molecular weight is 422 g/mol. The Morgan fingerprint density at radius 2 is 1.23 bits per heavy atom. The molecule has 0 bridgehead atoms. The molecule has 0 saturated heterocycles. The lowest BCUT2D eigenvalue weighted by atomic mass is 9.54. The van der Waals surface area contributed by atoms with Crippen molar-refractivity contribution in [1.82, 2.24) is 0 Å². The highest BCUT2D eigenvalue weighted by Crippen LogP contribution is 2.73. The molecule has 6 rings (SSSR count). The van der Waals surface area contributed by atoms with Crippen LogP contribution in [0, 0.1) is 5.41 Å². The minimum atomic E-state index is -0.276. The first-order valence-corrected chi connectivity index (χ1v) is 11.4. The molecule has 1 fully saturated rings. The molecule has 0 amide bonds. The summed E-state index contributed by atoms with van der Waals surface area (Å²) >= 11 is 6.62. The largest absolute Gasteiger partial charge is 0.377 e. The molecule has 4 aromatic rings. The predicted octanol–water partition coefficient (Wildman–Crippen LogP) is 7.62. The van der Waals surface area contributed by atoms with Gasteiger partial charge in [0.15, 0.2) is 0 Å². The summed E-state index contributed by atoms with van der Waals surface area (Å²) in [4.78, 5) is 0. The zero-order valence-electron chi connectivity index (χ0n) is 17.3. The topological polar surface area (TPSA) is 12.0 Å². The van der Waals surface area contributed by atoms with Crippen LogP contribution in [0.2, 0.25) is 5.02 Å². The van der Waals surface area contributed by atoms with Crippen LogP contribution in [0.15, 0.2) is 109 Å². The van der Waals surface area contributed by atoms with E-state index in [0.29, 0.717) is 0 Å². The van der Waals surface area contributed by atoms with E-state index in [1.807, 2.05) is 6.07 Å². The molecule has 2 heteroatoms. The van der Waals surface area contributed by atoms with E-state index in [0.717, 1.165) is 17.9 Å². The summed E-state index contributed by atoms with van der Waals surface area (Å²) in [7, 11) is 0. The van der Waals surface area contributed by atoms with Crippen molar-refractivity contribution in [1.29, 1.82) is 0 Å². The standard InChI is InChI=1S/C29H24ClN/c30-24-16-17-26-25(20-24)29(22-12-6-2-7-13-22,23-14-8-3-9-15-23)28(18-19-28)27(31-26)21-10-4-1-5-11-21/h1-17,20,27,31H,18-19H2. The van der Waals surface area contributed by atoms with Crippen LogP contribution in [0.1, 0.15) is 41.1 Å². The smallest absolute Gasteiger partial charge is 0.0585 e. The van der Waals surface area contributed by atoms with Gasteiger partial charge in [-0.1, -0.05) is 103 Å². The summed E-state index contributed by atoms with van der Waals surface area (Å²) < 4.78 is 0. The van der Waals surface area contributed by atoms with Gasteiger partial charge in [-0.25, -0.2) is 0 Å². The van der Waals surface area contributed by atoms with Crippen LogP contribution in [0.4, 0.5) is 5.69 Å². The number of anilines is 1. The zero-order chi connectivity index (χ0) is 20.9. The minimum absolute atomic E-state index is 0.0365. The van der Waals surface area contributed by atoms with Crippen molar-refractivity contribution in [3.8, 4) is 0 Å². The van der Waals surface area contributed by atoms with Gasteiger partial charge in [-0.2, -0.15) is 0 Å². The Morgan fingerprint density at radius 1 is 0.677 bits per heavy atom. The lowest BCUT2D eigenvalue weighted by Crippen LogP contribution is -2.48. The third-order valence-electron chi connectivity index (χ3n) is 7.32. The van der Waals surface area contributed by atoms with Crippen LogP contribution < -0.4 is 5.32 Å². The Labute approximate surface area is 188 Å². The monoisotopic (exact) mass is 421 g/mol. The summed E-state index contributed by atoms with van der Waals surface area (Å²) in [5.74, 6) is 0. The fourth-order valence-corrected chi connectivity index (χ4v) is 6.18. The second-order valence-electron chi connectivity index (χ2n) is 8.82. The maximum absolute atomic E-state index is 6.62. The number of nitrogens with one attached hydrogen (secondary N) is 1. The molecule has 31 heavy (non-hydrogen) atoms. The molecule has 0 radical (unpaired) electrons. The van der Waals surface area contributed by atoms with E-state index in [1.165, 1.54) is 27.9 Å². The van der Waals surface area contributed by atoms with Crippen LogP contribution in [-0.4, -0.2) is 0 Å². The Balaban J connectivity index is 1.74. The fraction of sp³-hybridized carbons (Fsp3) is 0.172. The summed E-state index contributed by atoms with van der Waals surface area (Å²) in [6.45, 7) is 0. The number of fused-ring (bicyclic) bond motifs is 1. The molecule has 1 nitrogen and oxygen atoms in total. The molecule has 1 heterocycles. The van der Waals surface area contributed by atoms with E-state index in [9.17, 15) is 0 Å². The van der Waals surface area contributed by atoms with E-state index in [4.69, 9.17) is 11.6 Å². The fourth-order valence-electron chi connectivity index (χ4n) is 6.01. The van der Waals surface area contributed by atoms with Crippen molar-refractivity contribution in [3.63, 3.8) is 0 Å². The highest BCUT2D eigenvalue weighted by atomic mass is 35.5. The summed E-state index contributed by atoms with van der Waals surface area (Å²) in [5, 5.41) is 4.71. The second-order valence-corrected chi connectivity index (χ2v) is 9.25. The summed E-state index contributed by atoms with van der Waals surface area (Å²) in [6, 6.07) is 39.6. The predicted molar refractivity (Wildman–Crippen MR) is 129 cm³/mol. The molecule has 1 saturated carbocycles. The highest BCUT2D eigenvalue weighted by molar-refractivity contribution is 6.30. The van der Waals surface area contributed by atoms with E-state index in [2.05, 4.69) is 108 Å². The molecule has 0 aromatic heterocycles. The maximum atomic E-state index is 6.62. The third kappa shape index (κ3) is 2.63. The number of benzene rings is 4. The summed E-state index contributed by atoms with van der Waals surface area (Å²) in [5.41, 5.74) is 6.23. The van der Waals surface area contributed by atoms with Crippen molar-refractivity contribution in [3.05, 3.63) is 136 Å². The molecule has 1 atom stereocenters. The van der Waals surface area contributed by atoms with Gasteiger partial charge in [-0.3, -0.25) is 0 Å². The third-order valence-corrected chi connectivity index (χ3v) is 7.56. The first-order valence-electron chi connectivity index (χ1n) is 11.0. The van der Waals surface area contributed by atoms with Crippen molar-refractivity contribution < 1.29 is 0 Å². The number of rotatable bonds is 3. The minimum Gasteiger partial charge on any atom is -0.377 e. The van der Waals surface area contributed by atoms with E-state index < -0.39 is 0 Å². The molecule has 1 N–H and O–H groups in total. The van der Waals surface area contributed by atoms with Gasteiger partial charge < -0.3 is 5.32 Å². The Hall–Kier alpha value is -3.03. The number of hydrogen-bond donors (Lipinski definition) is 1. The van der Waals surface area contributed by atoms with Crippen LogP contribution >= 0.6 is 11.6 Å². The van der Waals surface area contributed by atoms with Crippen LogP contribution in [-0.2, 0) is 5.41 Å². The second kappa shape index (κ2) is 7.00. The molecule has 1 aliphatic carbocycles. The molecular formula is C29H24ClN. The molecule has 4 aromatic carbocycles. The lowest BCUT2D eigenvalue weighted by molar-refractivity contribution is 0.286. The van der Waals surface area contributed by atoms with E-state index in [-0.39, 0.29) is 16.9 Å². The highest BCUT2D eigenvalue weighted by Gasteiger charge is 2.67. The van der Waals surface area contributed by atoms with E-state index >= 15 is 0 Å². The molecular weight excluding hydrogens is 398 g/mol. The van der Waals surface area contributed by atoms with Crippen molar-refractivity contribution >= 4 is 17.3 Å². The van der Waals surface area contributed by atoms with Gasteiger partial charge in [0.1, 0.15) is 0 Å². The van der Waals surface area contributed by atoms with E-state index in [1.54, 1.807) is 0 Å². The molecule has 152 valence electrons. The van der Waals surface area contributed by atoms with Gasteiger partial charge in [0, 0.05) is 16.1 Å². The van der Waals surface area contributed by atoms with Crippen LogP contribution in [0.25, 0.3) is 0 Å². The van der Waals surface area contributed by atoms with Gasteiger partial charge >= 0.3 is 0 Å². The Bertz CT molecular complexity index is 1170. The van der Waals surface area contributed by atoms with Gasteiger partial charge in [0.05, 0.1) is 11.5 Å². The quantitative estimate of drug-likeness (QED) is 0.358. The maximum Gasteiger partial charge on any atom is 0.0585 e. The van der Waals surface area contributed by atoms with Crippen molar-refractivity contribution in [2.45, 2.75) is 24.3 Å². The number of hydrogen-bond acceptors (Lipinski definition) is 1. The molecule has 1 unspecified atom stereocenters. The van der Waals surface area contributed by atoms with Crippen molar-refractivity contribution in [2.75, 3.05) is 5.32 Å². The molecule has 1 spiro atoms. The van der Waals surface area contributed by atoms with Gasteiger partial charge in [-0.15, -0.1) is 0 Å². The first kappa shape index (κ1) is 18.7. The summed E-state index contributed by atoms with van der Waals surface area (Å²) in [6.07, 6.45) is 2.32. The van der Waals surface area contributed by atoms with Crippen molar-refractivity contribution in [2.24, 2.45) is 5.41 Å². The SMILES string of the molecule is Clc1ccc2c(c1)C(c1ccccc1)(c1ccccc1)C1(CC1)C(c1ccccc1)N2. The van der Waals surface area contributed by atoms with Gasteiger partial charge in [-0.05, 0) is 53.3 Å². The number of halogens is 1. The van der Waals surface area contributed by atoms with Gasteiger partial charge in [0.25, 0.3) is 0 Å².